The van der Waals surface area contributed by atoms with Crippen molar-refractivity contribution in [1.29, 1.82) is 0 Å². The maximum atomic E-state index is 3.15. The summed E-state index contributed by atoms with van der Waals surface area (Å²) in [7, 11) is 0. The van der Waals surface area contributed by atoms with E-state index < -0.39 is 0 Å². The average molecular weight is 229 g/mol. The topological polar surface area (TPSA) is 0 Å². The second-order valence-electron chi connectivity index (χ2n) is 4.22. The summed E-state index contributed by atoms with van der Waals surface area (Å²) in [5, 5.41) is 0. The molecule has 0 saturated heterocycles. The van der Waals surface area contributed by atoms with Crippen molar-refractivity contribution in [2.45, 2.75) is 0 Å². The molecule has 0 aromatic heterocycles. The van der Waals surface area contributed by atoms with Gasteiger partial charge in [-0.25, -0.2) is 0 Å². The SMILES string of the molecule is C1=CC=CC=1/C=C/C=C1/C=Cc2ccccc[c+]21. The minimum atomic E-state index is 1.12. The third-order valence-corrected chi connectivity index (χ3v) is 3.00. The molecule has 0 unspecified atom stereocenters. The maximum absolute atomic E-state index is 3.15. The predicted octanol–water partition coefficient (Wildman–Crippen LogP) is 4.59. The largest absolute Gasteiger partial charge is 0.113 e. The molecule has 0 bridgehead atoms. The van der Waals surface area contributed by atoms with Gasteiger partial charge in [-0.3, -0.25) is 0 Å². The van der Waals surface area contributed by atoms with E-state index >= 15 is 0 Å². The minimum absolute atomic E-state index is 1.12. The zero-order chi connectivity index (χ0) is 12.2. The molecule has 3 rings (SSSR count). The van der Waals surface area contributed by atoms with Gasteiger partial charge in [0.1, 0.15) is 0 Å². The Kier molecular flexibility index (Phi) is 2.87. The predicted molar refractivity (Wildman–Crippen MR) is 77.7 cm³/mol. The summed E-state index contributed by atoms with van der Waals surface area (Å²) >= 11 is 0. The van der Waals surface area contributed by atoms with E-state index in [0.717, 1.165) is 5.57 Å². The van der Waals surface area contributed by atoms with Gasteiger partial charge in [-0.2, -0.15) is 0 Å². The summed E-state index contributed by atoms with van der Waals surface area (Å²) in [6.07, 6.45) is 16.6. The van der Waals surface area contributed by atoms with Crippen molar-refractivity contribution in [2.24, 2.45) is 0 Å². The van der Waals surface area contributed by atoms with Crippen LogP contribution in [0.3, 0.4) is 0 Å². The number of hydrogen-bond acceptors (Lipinski definition) is 0. The van der Waals surface area contributed by atoms with Gasteiger partial charge in [-0.1, -0.05) is 6.08 Å². The second-order valence-corrected chi connectivity index (χ2v) is 4.22. The summed E-state index contributed by atoms with van der Waals surface area (Å²) in [5.74, 6) is 0. The van der Waals surface area contributed by atoms with Gasteiger partial charge in [0.2, 0.25) is 0 Å². The van der Waals surface area contributed by atoms with Gasteiger partial charge in [0, 0.05) is 23.8 Å². The smallest absolute Gasteiger partial charge is 0.0709 e. The third-order valence-electron chi connectivity index (χ3n) is 3.00. The number of fused-ring (bicyclic) bond motifs is 1. The van der Waals surface area contributed by atoms with Crippen molar-refractivity contribution in [3.8, 4) is 0 Å². The number of rotatable bonds is 2. The average Bonchev–Trinajstić information content (AvgIpc) is 2.96. The number of hydrogen-bond donors (Lipinski definition) is 0. The van der Waals surface area contributed by atoms with Crippen LogP contribution >= 0.6 is 0 Å². The first-order valence-electron chi connectivity index (χ1n) is 6.06. The molecule has 18 heavy (non-hydrogen) atoms. The maximum Gasteiger partial charge on any atom is 0.0709 e. The van der Waals surface area contributed by atoms with Crippen molar-refractivity contribution < 1.29 is 0 Å². The van der Waals surface area contributed by atoms with Crippen LogP contribution in [0.15, 0.2) is 84.2 Å². The van der Waals surface area contributed by atoms with E-state index in [0.29, 0.717) is 0 Å². The number of allylic oxidation sites excluding steroid dienone is 8. The van der Waals surface area contributed by atoms with Crippen LogP contribution < -0.4 is 0 Å². The molecule has 84 valence electrons. The summed E-state index contributed by atoms with van der Waals surface area (Å²) < 4.78 is 0. The van der Waals surface area contributed by atoms with E-state index in [1.165, 1.54) is 16.7 Å². The van der Waals surface area contributed by atoms with Gasteiger partial charge in [0.05, 0.1) is 16.7 Å². The summed E-state index contributed by atoms with van der Waals surface area (Å²) in [4.78, 5) is 0. The van der Waals surface area contributed by atoms with Crippen molar-refractivity contribution >= 4 is 11.6 Å². The Bertz CT molecular complexity index is 664. The highest BCUT2D eigenvalue weighted by molar-refractivity contribution is 5.90. The molecule has 0 N–H and O–H groups in total. The molecule has 1 aromatic rings. The van der Waals surface area contributed by atoms with E-state index in [4.69, 9.17) is 0 Å². The van der Waals surface area contributed by atoms with Gasteiger partial charge < -0.3 is 0 Å². The summed E-state index contributed by atoms with van der Waals surface area (Å²) in [5.41, 5.74) is 8.09. The van der Waals surface area contributed by atoms with Crippen LogP contribution in [0, 0.1) is 0 Å². The van der Waals surface area contributed by atoms with E-state index in [1.54, 1.807) is 0 Å². The molecule has 0 heterocycles. The molecular formula is C18H13+. The van der Waals surface area contributed by atoms with Crippen LogP contribution in [-0.4, -0.2) is 0 Å². The van der Waals surface area contributed by atoms with Gasteiger partial charge in [-0.15, -0.1) is 5.73 Å². The molecule has 0 nitrogen and oxygen atoms in total. The summed E-state index contributed by atoms with van der Waals surface area (Å²) in [6.45, 7) is 0. The van der Waals surface area contributed by atoms with Crippen molar-refractivity contribution in [1.82, 2.24) is 0 Å². The molecule has 0 saturated carbocycles. The lowest BCUT2D eigenvalue weighted by Gasteiger charge is -1.88. The van der Waals surface area contributed by atoms with Gasteiger partial charge in [0.25, 0.3) is 0 Å². The minimum Gasteiger partial charge on any atom is -0.113 e. The van der Waals surface area contributed by atoms with Gasteiger partial charge in [-0.05, 0) is 54.6 Å². The van der Waals surface area contributed by atoms with Crippen LogP contribution in [0.2, 0.25) is 0 Å². The molecule has 0 radical (unpaired) electrons. The first-order chi connectivity index (χ1) is 8.93. The molecule has 0 amide bonds. The Balaban J connectivity index is 1.89. The Hall–Kier alpha value is -2.43. The summed E-state index contributed by atoms with van der Waals surface area (Å²) in [6, 6.07) is 10.5. The molecular weight excluding hydrogens is 216 g/mol. The molecule has 0 heteroatoms. The first-order valence-corrected chi connectivity index (χ1v) is 6.06. The molecule has 2 aliphatic carbocycles. The lowest BCUT2D eigenvalue weighted by molar-refractivity contribution is 1.70. The highest BCUT2D eigenvalue weighted by atomic mass is 14.1. The fraction of sp³-hybridized carbons (Fsp3) is 0. The highest BCUT2D eigenvalue weighted by Crippen LogP contribution is 2.28. The van der Waals surface area contributed by atoms with Gasteiger partial charge in [0.15, 0.2) is 0 Å². The van der Waals surface area contributed by atoms with Crippen molar-refractivity contribution in [2.75, 3.05) is 0 Å². The quantitative estimate of drug-likeness (QED) is 0.514. The Morgan fingerprint density at radius 2 is 2.06 bits per heavy atom. The molecule has 1 aromatic carbocycles. The lowest BCUT2D eigenvalue weighted by Crippen LogP contribution is -1.75. The van der Waals surface area contributed by atoms with Crippen LogP contribution in [-0.2, 0) is 0 Å². The van der Waals surface area contributed by atoms with E-state index in [2.05, 4.69) is 66.4 Å². The zero-order valence-corrected chi connectivity index (χ0v) is 10.0. The molecule has 0 spiro atoms. The van der Waals surface area contributed by atoms with E-state index in [1.807, 2.05) is 18.2 Å². The van der Waals surface area contributed by atoms with Crippen molar-refractivity contribution in [3.63, 3.8) is 0 Å². The van der Waals surface area contributed by atoms with Crippen LogP contribution in [0.25, 0.3) is 11.6 Å². The molecule has 0 fully saturated rings. The first kappa shape index (κ1) is 10.7. The Morgan fingerprint density at radius 3 is 2.94 bits per heavy atom. The van der Waals surface area contributed by atoms with E-state index in [9.17, 15) is 0 Å². The van der Waals surface area contributed by atoms with Crippen LogP contribution in [0.4, 0.5) is 0 Å². The van der Waals surface area contributed by atoms with Crippen LogP contribution in [0.1, 0.15) is 11.1 Å². The monoisotopic (exact) mass is 229 g/mol. The third kappa shape index (κ3) is 2.15. The zero-order valence-electron chi connectivity index (χ0n) is 10.0. The second kappa shape index (κ2) is 4.83. The Morgan fingerprint density at radius 1 is 1.06 bits per heavy atom. The fourth-order valence-electron chi connectivity index (χ4n) is 2.09. The lowest BCUT2D eigenvalue weighted by atomic mass is 10.1. The molecule has 0 atom stereocenters. The highest BCUT2D eigenvalue weighted by Gasteiger charge is 2.14. The molecule has 2 aliphatic rings. The van der Waals surface area contributed by atoms with Gasteiger partial charge >= 0.3 is 0 Å². The van der Waals surface area contributed by atoms with Crippen molar-refractivity contribution in [3.05, 3.63) is 95.3 Å². The van der Waals surface area contributed by atoms with E-state index in [-0.39, 0.29) is 0 Å². The fourth-order valence-corrected chi connectivity index (χ4v) is 2.09. The molecule has 0 aliphatic heterocycles. The standard InChI is InChI=1S/C18H13/c1-2-10-16-13-14-17(18(16)12-3-1)11-6-9-15-7-4-5-8-15/h1-7,9-14H/q+1/b9-6+,17-11-. The Labute approximate surface area is 107 Å². The normalized spacial score (nSPS) is 17.8. The van der Waals surface area contributed by atoms with Crippen LogP contribution in [0.5, 0.6) is 0 Å².